The molecule has 0 spiro atoms. The molecule has 15 heavy (non-hydrogen) atoms. The number of benzene rings is 1. The van der Waals surface area contributed by atoms with Crippen LogP contribution in [-0.4, -0.2) is 0 Å². The third kappa shape index (κ3) is 2.34. The summed E-state index contributed by atoms with van der Waals surface area (Å²) >= 11 is 3.72. The molecule has 0 nitrogen and oxygen atoms in total. The molecule has 0 saturated heterocycles. The van der Waals surface area contributed by atoms with Crippen LogP contribution in [0.25, 0.3) is 5.57 Å². The van der Waals surface area contributed by atoms with Gasteiger partial charge in [-0.2, -0.15) is 0 Å². The lowest BCUT2D eigenvalue weighted by molar-refractivity contribution is 0.401. The van der Waals surface area contributed by atoms with E-state index in [9.17, 15) is 0 Å². The summed E-state index contributed by atoms with van der Waals surface area (Å²) in [5.41, 5.74) is 4.60. The molecule has 0 bridgehead atoms. The van der Waals surface area contributed by atoms with Crippen molar-refractivity contribution in [2.45, 2.75) is 33.6 Å². The highest BCUT2D eigenvalue weighted by atomic mass is 79.9. The Labute approximate surface area is 101 Å². The number of hydrogen-bond donors (Lipinski definition) is 0. The summed E-state index contributed by atoms with van der Waals surface area (Å²) < 4.78 is 1.39. The Hall–Kier alpha value is -0.560. The average molecular weight is 265 g/mol. The molecule has 0 unspecified atom stereocenters. The van der Waals surface area contributed by atoms with Crippen LogP contribution in [0.15, 0.2) is 28.7 Å². The lowest BCUT2D eigenvalue weighted by Gasteiger charge is -2.16. The third-order valence-corrected chi connectivity index (χ3v) is 3.78. The number of aryl methyl sites for hydroxylation is 1. The summed E-state index contributed by atoms with van der Waals surface area (Å²) in [6, 6.07) is 8.84. The Kier molecular flexibility index (Phi) is 2.76. The number of hydrogen-bond acceptors (Lipinski definition) is 0. The Balaban J connectivity index is 2.33. The quantitative estimate of drug-likeness (QED) is 0.676. The zero-order valence-electron chi connectivity index (χ0n) is 9.60. The van der Waals surface area contributed by atoms with Gasteiger partial charge in [0.25, 0.3) is 0 Å². The molecule has 0 atom stereocenters. The van der Waals surface area contributed by atoms with Crippen LogP contribution in [0, 0.1) is 12.3 Å². The predicted molar refractivity (Wildman–Crippen MR) is 70.0 cm³/mol. The van der Waals surface area contributed by atoms with Crippen molar-refractivity contribution >= 4 is 21.5 Å². The summed E-state index contributed by atoms with van der Waals surface area (Å²) in [4.78, 5) is 0. The first-order valence-corrected chi connectivity index (χ1v) is 6.22. The monoisotopic (exact) mass is 264 g/mol. The third-order valence-electron chi connectivity index (χ3n) is 3.02. The Morgan fingerprint density at radius 3 is 2.13 bits per heavy atom. The number of allylic oxidation sites excluding steroid dienone is 2. The second-order valence-corrected chi connectivity index (χ2v) is 6.22. The molecular weight excluding hydrogens is 248 g/mol. The van der Waals surface area contributed by atoms with Crippen molar-refractivity contribution in [3.63, 3.8) is 0 Å². The summed E-state index contributed by atoms with van der Waals surface area (Å²) in [6.45, 7) is 6.79. The van der Waals surface area contributed by atoms with Gasteiger partial charge in [-0.1, -0.05) is 59.6 Å². The minimum Gasteiger partial charge on any atom is -0.0593 e. The lowest BCUT2D eigenvalue weighted by atomic mass is 9.88. The van der Waals surface area contributed by atoms with E-state index in [1.54, 1.807) is 0 Å². The maximum atomic E-state index is 3.72. The molecule has 1 heteroatoms. The van der Waals surface area contributed by atoms with Gasteiger partial charge in [0.2, 0.25) is 0 Å². The van der Waals surface area contributed by atoms with E-state index in [2.05, 4.69) is 61.0 Å². The van der Waals surface area contributed by atoms with E-state index in [0.29, 0.717) is 5.41 Å². The molecule has 0 amide bonds. The second kappa shape index (κ2) is 3.79. The normalized spacial score (nSPS) is 19.7. The van der Waals surface area contributed by atoms with E-state index in [-0.39, 0.29) is 0 Å². The summed E-state index contributed by atoms with van der Waals surface area (Å²) in [5.74, 6) is 0. The van der Waals surface area contributed by atoms with Crippen molar-refractivity contribution in [3.05, 3.63) is 39.9 Å². The maximum absolute atomic E-state index is 3.72. The fraction of sp³-hybridized carbons (Fsp3) is 0.429. The first kappa shape index (κ1) is 10.9. The molecule has 1 aromatic rings. The zero-order valence-corrected chi connectivity index (χ0v) is 11.2. The highest BCUT2D eigenvalue weighted by molar-refractivity contribution is 9.11. The van der Waals surface area contributed by atoms with Gasteiger partial charge in [-0.3, -0.25) is 0 Å². The molecule has 0 N–H and O–H groups in total. The standard InChI is InChI=1S/C14H17Br/c1-10-4-6-11(7-5-10)12-8-14(2,3)9-13(12)15/h4-7H,8-9H2,1-3H3. The van der Waals surface area contributed by atoms with Crippen molar-refractivity contribution in [1.29, 1.82) is 0 Å². The van der Waals surface area contributed by atoms with Crippen LogP contribution in [-0.2, 0) is 0 Å². The van der Waals surface area contributed by atoms with Crippen molar-refractivity contribution in [2.75, 3.05) is 0 Å². The molecule has 80 valence electrons. The van der Waals surface area contributed by atoms with Crippen LogP contribution in [0.2, 0.25) is 0 Å². The maximum Gasteiger partial charge on any atom is -0.000576 e. The van der Waals surface area contributed by atoms with Crippen molar-refractivity contribution in [3.8, 4) is 0 Å². The molecule has 0 aliphatic heterocycles. The minimum absolute atomic E-state index is 0.416. The second-order valence-electron chi connectivity index (χ2n) is 5.27. The Bertz CT molecular complexity index is 396. The van der Waals surface area contributed by atoms with Crippen molar-refractivity contribution in [1.82, 2.24) is 0 Å². The number of rotatable bonds is 1. The van der Waals surface area contributed by atoms with Crippen LogP contribution in [0.3, 0.4) is 0 Å². The molecule has 0 radical (unpaired) electrons. The van der Waals surface area contributed by atoms with Crippen molar-refractivity contribution in [2.24, 2.45) is 5.41 Å². The predicted octanol–water partition coefficient (Wildman–Crippen LogP) is 4.92. The Morgan fingerprint density at radius 1 is 1.07 bits per heavy atom. The summed E-state index contributed by atoms with van der Waals surface area (Å²) in [7, 11) is 0. The van der Waals surface area contributed by atoms with Gasteiger partial charge >= 0.3 is 0 Å². The Morgan fingerprint density at radius 2 is 1.67 bits per heavy atom. The largest absolute Gasteiger partial charge is 0.0593 e. The molecule has 0 aromatic heterocycles. The van der Waals surface area contributed by atoms with Crippen LogP contribution >= 0.6 is 15.9 Å². The molecular formula is C14H17Br. The highest BCUT2D eigenvalue weighted by Gasteiger charge is 2.29. The van der Waals surface area contributed by atoms with E-state index < -0.39 is 0 Å². The van der Waals surface area contributed by atoms with E-state index in [0.717, 1.165) is 6.42 Å². The highest BCUT2D eigenvalue weighted by Crippen LogP contribution is 2.47. The van der Waals surface area contributed by atoms with Gasteiger partial charge < -0.3 is 0 Å². The molecule has 2 rings (SSSR count). The first-order chi connectivity index (χ1) is 6.98. The van der Waals surface area contributed by atoms with Gasteiger partial charge in [0.05, 0.1) is 0 Å². The fourth-order valence-electron chi connectivity index (χ4n) is 2.18. The van der Waals surface area contributed by atoms with Gasteiger partial charge in [0.1, 0.15) is 0 Å². The molecule has 1 aliphatic rings. The van der Waals surface area contributed by atoms with Gasteiger partial charge in [-0.15, -0.1) is 0 Å². The molecule has 0 fully saturated rings. The van der Waals surface area contributed by atoms with Gasteiger partial charge in [-0.25, -0.2) is 0 Å². The fourth-order valence-corrected chi connectivity index (χ4v) is 3.31. The van der Waals surface area contributed by atoms with Gasteiger partial charge in [0.15, 0.2) is 0 Å². The van der Waals surface area contributed by atoms with Crippen LogP contribution in [0.4, 0.5) is 0 Å². The van der Waals surface area contributed by atoms with Crippen LogP contribution in [0.1, 0.15) is 37.8 Å². The SMILES string of the molecule is Cc1ccc(C2=C(Br)CC(C)(C)C2)cc1. The average Bonchev–Trinajstić information content (AvgIpc) is 2.41. The van der Waals surface area contributed by atoms with E-state index in [1.807, 2.05) is 0 Å². The van der Waals surface area contributed by atoms with Gasteiger partial charge in [0, 0.05) is 0 Å². The smallest absolute Gasteiger partial charge is 0.000576 e. The summed E-state index contributed by atoms with van der Waals surface area (Å²) in [6.07, 6.45) is 2.34. The molecule has 1 aromatic carbocycles. The van der Waals surface area contributed by atoms with E-state index >= 15 is 0 Å². The van der Waals surface area contributed by atoms with Crippen molar-refractivity contribution < 1.29 is 0 Å². The number of halogens is 1. The van der Waals surface area contributed by atoms with E-state index in [4.69, 9.17) is 0 Å². The minimum atomic E-state index is 0.416. The first-order valence-electron chi connectivity index (χ1n) is 5.42. The van der Waals surface area contributed by atoms with Crippen LogP contribution < -0.4 is 0 Å². The molecule has 0 heterocycles. The molecule has 0 saturated carbocycles. The van der Waals surface area contributed by atoms with Gasteiger partial charge in [-0.05, 0) is 40.8 Å². The summed E-state index contributed by atoms with van der Waals surface area (Å²) in [5, 5.41) is 0. The zero-order chi connectivity index (χ0) is 11.1. The van der Waals surface area contributed by atoms with E-state index in [1.165, 1.54) is 27.6 Å². The van der Waals surface area contributed by atoms with Crippen LogP contribution in [0.5, 0.6) is 0 Å². The topological polar surface area (TPSA) is 0 Å². The molecule has 1 aliphatic carbocycles. The lowest BCUT2D eigenvalue weighted by Crippen LogP contribution is -2.04.